The van der Waals surface area contributed by atoms with Crippen LogP contribution in [0.5, 0.6) is 0 Å². The first-order valence-corrected chi connectivity index (χ1v) is 8.16. The minimum absolute atomic E-state index is 0.274. The third-order valence-electron chi connectivity index (χ3n) is 4.40. The van der Waals surface area contributed by atoms with E-state index in [1.165, 1.54) is 5.56 Å². The van der Waals surface area contributed by atoms with Gasteiger partial charge in [0.2, 0.25) is 0 Å². The Morgan fingerprint density at radius 3 is 2.67 bits per heavy atom. The van der Waals surface area contributed by atoms with Crippen LogP contribution in [0.15, 0.2) is 48.5 Å². The number of benzene rings is 2. The smallest absolute Gasteiger partial charge is 0.352 e. The average molecular weight is 322 g/mol. The molecule has 1 aromatic heterocycles. The molecule has 4 nitrogen and oxygen atoms in total. The summed E-state index contributed by atoms with van der Waals surface area (Å²) in [6.45, 7) is 5.49. The van der Waals surface area contributed by atoms with Gasteiger partial charge in [-0.3, -0.25) is 0 Å². The van der Waals surface area contributed by atoms with Gasteiger partial charge in [0.1, 0.15) is 5.69 Å². The lowest BCUT2D eigenvalue weighted by Crippen LogP contribution is -2.20. The van der Waals surface area contributed by atoms with Crippen molar-refractivity contribution in [2.24, 2.45) is 0 Å². The molecule has 3 rings (SSSR count). The number of aromatic carboxylic acids is 1. The summed E-state index contributed by atoms with van der Waals surface area (Å²) in [4.78, 5) is 14.6. The predicted molar refractivity (Wildman–Crippen MR) is 96.6 cm³/mol. The van der Waals surface area contributed by atoms with Gasteiger partial charge in [-0.05, 0) is 30.0 Å². The van der Waals surface area contributed by atoms with E-state index in [-0.39, 0.29) is 5.69 Å². The zero-order chi connectivity index (χ0) is 17.1. The highest BCUT2D eigenvalue weighted by atomic mass is 16.4. The number of carboxylic acids is 1. The van der Waals surface area contributed by atoms with E-state index >= 15 is 0 Å². The monoisotopic (exact) mass is 322 g/mol. The minimum atomic E-state index is -0.920. The topological polar surface area (TPSA) is 65.1 Å². The van der Waals surface area contributed by atoms with E-state index in [1.807, 2.05) is 43.3 Å². The van der Waals surface area contributed by atoms with Crippen LogP contribution < -0.4 is 5.32 Å². The van der Waals surface area contributed by atoms with E-state index in [1.54, 1.807) is 0 Å². The van der Waals surface area contributed by atoms with Gasteiger partial charge in [-0.2, -0.15) is 0 Å². The van der Waals surface area contributed by atoms with Crippen LogP contribution in [0.3, 0.4) is 0 Å². The molecule has 0 amide bonds. The Kier molecular flexibility index (Phi) is 4.67. The number of hydrogen-bond acceptors (Lipinski definition) is 2. The van der Waals surface area contributed by atoms with Crippen LogP contribution in [-0.2, 0) is 6.54 Å². The van der Waals surface area contributed by atoms with Crippen LogP contribution in [0.1, 0.15) is 40.0 Å². The number of rotatable bonds is 6. The Bertz CT molecular complexity index is 853. The summed E-state index contributed by atoms with van der Waals surface area (Å²) in [7, 11) is 0. The van der Waals surface area contributed by atoms with Crippen molar-refractivity contribution in [3.05, 3.63) is 70.9 Å². The summed E-state index contributed by atoms with van der Waals surface area (Å²) in [5.74, 6) is -0.552. The van der Waals surface area contributed by atoms with Gasteiger partial charge < -0.3 is 15.4 Å². The molecule has 0 saturated heterocycles. The average Bonchev–Trinajstić information content (AvgIpc) is 2.93. The molecule has 0 aliphatic rings. The van der Waals surface area contributed by atoms with E-state index in [0.29, 0.717) is 12.5 Å². The molecule has 0 aliphatic carbocycles. The molecule has 0 radical (unpaired) electrons. The number of H-pyrrole nitrogens is 1. The molecule has 3 N–H and O–H groups in total. The van der Waals surface area contributed by atoms with Gasteiger partial charge in [-0.1, -0.05) is 49.4 Å². The van der Waals surface area contributed by atoms with Gasteiger partial charge in [0.25, 0.3) is 0 Å². The highest BCUT2D eigenvalue weighted by molar-refractivity contribution is 5.97. The maximum atomic E-state index is 11.5. The van der Waals surface area contributed by atoms with E-state index < -0.39 is 5.97 Å². The zero-order valence-corrected chi connectivity index (χ0v) is 14.0. The van der Waals surface area contributed by atoms with E-state index in [4.69, 9.17) is 0 Å². The van der Waals surface area contributed by atoms with Gasteiger partial charge in [0.05, 0.1) is 0 Å². The molecule has 0 aliphatic heterocycles. The number of nitrogens with one attached hydrogen (secondary N) is 2. The van der Waals surface area contributed by atoms with Crippen molar-refractivity contribution in [1.29, 1.82) is 0 Å². The van der Waals surface area contributed by atoms with Gasteiger partial charge in [0.15, 0.2) is 0 Å². The van der Waals surface area contributed by atoms with E-state index in [2.05, 4.69) is 29.4 Å². The van der Waals surface area contributed by atoms with Crippen molar-refractivity contribution in [3.8, 4) is 0 Å². The molecule has 1 atom stereocenters. The van der Waals surface area contributed by atoms with Crippen LogP contribution in [-0.4, -0.2) is 22.6 Å². The fourth-order valence-electron chi connectivity index (χ4n) is 3.05. The molecule has 0 bridgehead atoms. The second kappa shape index (κ2) is 6.89. The Balaban J connectivity index is 1.77. The summed E-state index contributed by atoms with van der Waals surface area (Å²) in [5, 5.41) is 13.8. The van der Waals surface area contributed by atoms with Gasteiger partial charge >= 0.3 is 5.97 Å². The van der Waals surface area contributed by atoms with Crippen molar-refractivity contribution in [3.63, 3.8) is 0 Å². The largest absolute Gasteiger partial charge is 0.477 e. The first kappa shape index (κ1) is 16.3. The molecular formula is C20H22N2O2. The number of carboxylic acid groups (broad SMARTS) is 1. The zero-order valence-electron chi connectivity index (χ0n) is 14.0. The number of carbonyl (C=O) groups is 1. The highest BCUT2D eigenvalue weighted by Gasteiger charge is 2.17. The second-order valence-electron chi connectivity index (χ2n) is 6.28. The van der Waals surface area contributed by atoms with Crippen LogP contribution in [0.2, 0.25) is 0 Å². The van der Waals surface area contributed by atoms with Crippen molar-refractivity contribution >= 4 is 16.9 Å². The van der Waals surface area contributed by atoms with Crippen molar-refractivity contribution in [2.75, 3.05) is 6.54 Å². The third-order valence-corrected chi connectivity index (χ3v) is 4.40. The number of aryl methyl sites for hydroxylation is 1. The Hall–Kier alpha value is -2.59. The number of hydrogen-bond donors (Lipinski definition) is 3. The van der Waals surface area contributed by atoms with E-state index in [0.717, 1.165) is 28.6 Å². The molecule has 2 aromatic carbocycles. The third kappa shape index (κ3) is 3.34. The Morgan fingerprint density at radius 2 is 1.96 bits per heavy atom. The number of aromatic amines is 1. The Labute approximate surface area is 141 Å². The van der Waals surface area contributed by atoms with Crippen LogP contribution in [0, 0.1) is 6.92 Å². The fraction of sp³-hybridized carbons (Fsp3) is 0.250. The normalized spacial score (nSPS) is 12.4. The van der Waals surface area contributed by atoms with Crippen LogP contribution >= 0.6 is 0 Å². The summed E-state index contributed by atoms with van der Waals surface area (Å²) >= 11 is 0. The lowest BCUT2D eigenvalue weighted by molar-refractivity contribution is 0.0690. The molecule has 3 aromatic rings. The maximum absolute atomic E-state index is 11.5. The van der Waals surface area contributed by atoms with Crippen molar-refractivity contribution in [2.45, 2.75) is 26.3 Å². The summed E-state index contributed by atoms with van der Waals surface area (Å²) in [5.41, 5.74) is 4.35. The summed E-state index contributed by atoms with van der Waals surface area (Å²) in [6.07, 6.45) is 0. The highest BCUT2D eigenvalue weighted by Crippen LogP contribution is 2.24. The molecule has 0 spiro atoms. The second-order valence-corrected chi connectivity index (χ2v) is 6.28. The fourth-order valence-corrected chi connectivity index (χ4v) is 3.05. The molecule has 4 heteroatoms. The van der Waals surface area contributed by atoms with Crippen molar-refractivity contribution in [1.82, 2.24) is 10.3 Å². The van der Waals surface area contributed by atoms with E-state index in [9.17, 15) is 9.90 Å². The molecule has 1 unspecified atom stereocenters. The number of fused-ring (bicyclic) bond motifs is 1. The van der Waals surface area contributed by atoms with Gasteiger partial charge in [-0.15, -0.1) is 0 Å². The molecule has 0 fully saturated rings. The number of aromatic nitrogens is 1. The standard InChI is InChI=1S/C20H22N2O2/c1-13-8-9-16-17(19(20(23)24)22-18(16)10-13)12-21-11-14(2)15-6-4-3-5-7-15/h3-10,14,21-22H,11-12H2,1-2H3,(H,23,24). The summed E-state index contributed by atoms with van der Waals surface area (Å²) in [6, 6.07) is 16.3. The lowest BCUT2D eigenvalue weighted by atomic mass is 10.0. The molecule has 124 valence electrons. The SMILES string of the molecule is Cc1ccc2c(CNCC(C)c3ccccc3)c(C(=O)O)[nH]c2c1. The lowest BCUT2D eigenvalue weighted by Gasteiger charge is -2.13. The minimum Gasteiger partial charge on any atom is -0.477 e. The first-order valence-electron chi connectivity index (χ1n) is 8.16. The molecular weight excluding hydrogens is 300 g/mol. The molecule has 0 saturated carbocycles. The molecule has 1 heterocycles. The Morgan fingerprint density at radius 1 is 1.21 bits per heavy atom. The van der Waals surface area contributed by atoms with Crippen molar-refractivity contribution < 1.29 is 9.90 Å². The first-order chi connectivity index (χ1) is 11.6. The maximum Gasteiger partial charge on any atom is 0.352 e. The molecule has 24 heavy (non-hydrogen) atoms. The van der Waals surface area contributed by atoms with Gasteiger partial charge in [-0.25, -0.2) is 4.79 Å². The predicted octanol–water partition coefficient (Wildman–Crippen LogP) is 4.07. The summed E-state index contributed by atoms with van der Waals surface area (Å²) < 4.78 is 0. The van der Waals surface area contributed by atoms with Crippen LogP contribution in [0.4, 0.5) is 0 Å². The van der Waals surface area contributed by atoms with Crippen LogP contribution in [0.25, 0.3) is 10.9 Å². The van der Waals surface area contributed by atoms with Gasteiger partial charge in [0, 0.05) is 29.6 Å². The quantitative estimate of drug-likeness (QED) is 0.641.